The average molecular weight is 377 g/mol. The van der Waals surface area contributed by atoms with E-state index < -0.39 is 0 Å². The van der Waals surface area contributed by atoms with Crippen LogP contribution in [0.2, 0.25) is 0 Å². The molecule has 2 heterocycles. The summed E-state index contributed by atoms with van der Waals surface area (Å²) in [5, 5.41) is 5.33. The Kier molecular flexibility index (Phi) is 4.49. The Labute approximate surface area is 161 Å². The largest absolute Gasteiger partial charge is 0.312 e. The summed E-state index contributed by atoms with van der Waals surface area (Å²) in [4.78, 5) is 30.5. The average Bonchev–Trinajstić information content (AvgIpc) is 3.27. The molecule has 1 aliphatic heterocycles. The van der Waals surface area contributed by atoms with Gasteiger partial charge in [0.05, 0.1) is 5.69 Å². The van der Waals surface area contributed by atoms with E-state index in [0.717, 1.165) is 35.5 Å². The first-order valence-corrected chi connectivity index (χ1v) is 9.64. The summed E-state index contributed by atoms with van der Waals surface area (Å²) >= 11 is 1.39. The molecule has 5 nitrogen and oxygen atoms in total. The molecule has 0 atom stereocenters. The molecule has 0 spiro atoms. The second-order valence-electron chi connectivity index (χ2n) is 6.63. The Morgan fingerprint density at radius 2 is 2.04 bits per heavy atom. The van der Waals surface area contributed by atoms with E-state index in [0.29, 0.717) is 10.7 Å². The van der Waals surface area contributed by atoms with Crippen molar-refractivity contribution in [3.05, 3.63) is 64.5 Å². The Balaban J connectivity index is 1.56. The lowest BCUT2D eigenvalue weighted by atomic mass is 10.1. The summed E-state index contributed by atoms with van der Waals surface area (Å²) in [6, 6.07) is 13.5. The molecule has 1 N–H and O–H groups in total. The highest BCUT2D eigenvalue weighted by molar-refractivity contribution is 7.14. The van der Waals surface area contributed by atoms with E-state index in [1.807, 2.05) is 42.6 Å². The van der Waals surface area contributed by atoms with E-state index in [1.165, 1.54) is 16.9 Å². The molecule has 0 unspecified atom stereocenters. The van der Waals surface area contributed by atoms with Crippen LogP contribution in [0.5, 0.6) is 0 Å². The van der Waals surface area contributed by atoms with Crippen LogP contribution >= 0.6 is 11.3 Å². The Hall–Kier alpha value is -2.99. The molecule has 0 fully saturated rings. The predicted molar refractivity (Wildman–Crippen MR) is 108 cm³/mol. The number of anilines is 2. The standard InChI is InChI=1S/C21H19N3O2S/c1-13-4-3-5-17(10-13)20(26)23-21-22-18(12-27-21)16-7-6-15-8-9-24(14(2)25)19(15)11-16/h3-7,10-12H,8-9H2,1-2H3,(H,22,23,26). The molecule has 1 aromatic heterocycles. The smallest absolute Gasteiger partial charge is 0.257 e. The van der Waals surface area contributed by atoms with E-state index in [4.69, 9.17) is 0 Å². The number of fused-ring (bicyclic) bond motifs is 1. The highest BCUT2D eigenvalue weighted by atomic mass is 32.1. The van der Waals surface area contributed by atoms with Gasteiger partial charge in [0.1, 0.15) is 0 Å². The van der Waals surface area contributed by atoms with E-state index in [9.17, 15) is 9.59 Å². The zero-order valence-corrected chi connectivity index (χ0v) is 16.0. The number of benzene rings is 2. The molecule has 2 amide bonds. The maximum Gasteiger partial charge on any atom is 0.257 e. The number of aromatic nitrogens is 1. The molecule has 4 rings (SSSR count). The van der Waals surface area contributed by atoms with Crippen LogP contribution < -0.4 is 10.2 Å². The number of aryl methyl sites for hydroxylation is 1. The molecule has 0 bridgehead atoms. The van der Waals surface area contributed by atoms with E-state index >= 15 is 0 Å². The maximum atomic E-state index is 12.4. The molecule has 0 radical (unpaired) electrons. The maximum absolute atomic E-state index is 12.4. The normalized spacial score (nSPS) is 12.7. The first-order chi connectivity index (χ1) is 13.0. The summed E-state index contributed by atoms with van der Waals surface area (Å²) in [6.45, 7) is 4.27. The number of hydrogen-bond acceptors (Lipinski definition) is 4. The first-order valence-electron chi connectivity index (χ1n) is 8.76. The van der Waals surface area contributed by atoms with Crippen LogP contribution in [0, 0.1) is 6.92 Å². The van der Waals surface area contributed by atoms with E-state index in [2.05, 4.69) is 16.4 Å². The van der Waals surface area contributed by atoms with Crippen molar-refractivity contribution >= 4 is 34.0 Å². The number of nitrogens with one attached hydrogen (secondary N) is 1. The van der Waals surface area contributed by atoms with Gasteiger partial charge in [0.2, 0.25) is 5.91 Å². The summed E-state index contributed by atoms with van der Waals surface area (Å²) < 4.78 is 0. The van der Waals surface area contributed by atoms with Crippen molar-refractivity contribution in [1.29, 1.82) is 0 Å². The molecule has 0 aliphatic carbocycles. The lowest BCUT2D eigenvalue weighted by Crippen LogP contribution is -2.25. The van der Waals surface area contributed by atoms with Crippen LogP contribution in [0.15, 0.2) is 47.8 Å². The molecule has 0 saturated carbocycles. The number of hydrogen-bond donors (Lipinski definition) is 1. The first kappa shape index (κ1) is 17.4. The quantitative estimate of drug-likeness (QED) is 0.741. The van der Waals surface area contributed by atoms with Gasteiger partial charge in [0.25, 0.3) is 5.91 Å². The summed E-state index contributed by atoms with van der Waals surface area (Å²) in [7, 11) is 0. The van der Waals surface area contributed by atoms with Crippen LogP contribution in [0.25, 0.3) is 11.3 Å². The van der Waals surface area contributed by atoms with Crippen LogP contribution in [0.3, 0.4) is 0 Å². The van der Waals surface area contributed by atoms with Gasteiger partial charge in [-0.25, -0.2) is 4.98 Å². The number of carbonyl (C=O) groups excluding carboxylic acids is 2. The Morgan fingerprint density at radius 1 is 1.19 bits per heavy atom. The minimum absolute atomic E-state index is 0.0512. The van der Waals surface area contributed by atoms with Crippen molar-refractivity contribution in [3.63, 3.8) is 0 Å². The van der Waals surface area contributed by atoms with Crippen LogP contribution in [-0.4, -0.2) is 23.3 Å². The second kappa shape index (κ2) is 6.96. The van der Waals surface area contributed by atoms with Crippen molar-refractivity contribution < 1.29 is 9.59 Å². The summed E-state index contributed by atoms with van der Waals surface area (Å²) in [6.07, 6.45) is 0.879. The number of amides is 2. The lowest BCUT2D eigenvalue weighted by molar-refractivity contribution is -0.116. The monoisotopic (exact) mass is 377 g/mol. The van der Waals surface area contributed by atoms with Crippen molar-refractivity contribution in [1.82, 2.24) is 4.98 Å². The van der Waals surface area contributed by atoms with Gasteiger partial charge in [0, 0.05) is 35.7 Å². The molecule has 2 aromatic carbocycles. The third kappa shape index (κ3) is 3.48. The topological polar surface area (TPSA) is 62.3 Å². The lowest BCUT2D eigenvalue weighted by Gasteiger charge is -2.15. The second-order valence-corrected chi connectivity index (χ2v) is 7.48. The fraction of sp³-hybridized carbons (Fsp3) is 0.190. The van der Waals surface area contributed by atoms with Crippen molar-refractivity contribution in [2.75, 3.05) is 16.8 Å². The minimum atomic E-state index is -0.170. The van der Waals surface area contributed by atoms with Gasteiger partial charge in [-0.15, -0.1) is 11.3 Å². The van der Waals surface area contributed by atoms with Crippen molar-refractivity contribution in [3.8, 4) is 11.3 Å². The van der Waals surface area contributed by atoms with E-state index in [-0.39, 0.29) is 11.8 Å². The minimum Gasteiger partial charge on any atom is -0.312 e. The number of rotatable bonds is 3. The summed E-state index contributed by atoms with van der Waals surface area (Å²) in [5.41, 5.74) is 5.51. The molecule has 27 heavy (non-hydrogen) atoms. The third-order valence-electron chi connectivity index (χ3n) is 4.66. The fourth-order valence-corrected chi connectivity index (χ4v) is 4.00. The van der Waals surface area contributed by atoms with Gasteiger partial charge in [0.15, 0.2) is 5.13 Å². The van der Waals surface area contributed by atoms with Crippen LogP contribution in [0.4, 0.5) is 10.8 Å². The number of nitrogens with zero attached hydrogens (tertiary/aromatic N) is 2. The zero-order chi connectivity index (χ0) is 19.0. The van der Waals surface area contributed by atoms with Gasteiger partial charge in [-0.05, 0) is 37.1 Å². The van der Waals surface area contributed by atoms with Crippen molar-refractivity contribution in [2.24, 2.45) is 0 Å². The van der Waals surface area contributed by atoms with Gasteiger partial charge in [-0.3, -0.25) is 14.9 Å². The molecule has 6 heteroatoms. The third-order valence-corrected chi connectivity index (χ3v) is 5.42. The number of thiazole rings is 1. The SMILES string of the molecule is CC(=O)N1CCc2ccc(-c3csc(NC(=O)c4cccc(C)c4)n3)cc21. The molecule has 136 valence electrons. The molecular weight excluding hydrogens is 358 g/mol. The summed E-state index contributed by atoms with van der Waals surface area (Å²) in [5.74, 6) is -0.119. The van der Waals surface area contributed by atoms with E-state index in [1.54, 1.807) is 17.9 Å². The number of carbonyl (C=O) groups is 2. The van der Waals surface area contributed by atoms with Gasteiger partial charge < -0.3 is 4.90 Å². The van der Waals surface area contributed by atoms with Crippen LogP contribution in [0.1, 0.15) is 28.4 Å². The van der Waals surface area contributed by atoms with Gasteiger partial charge in [-0.2, -0.15) is 0 Å². The molecule has 0 saturated heterocycles. The predicted octanol–water partition coefficient (Wildman–Crippen LogP) is 4.28. The van der Waals surface area contributed by atoms with Crippen LogP contribution in [-0.2, 0) is 11.2 Å². The highest BCUT2D eigenvalue weighted by Crippen LogP contribution is 2.34. The van der Waals surface area contributed by atoms with Gasteiger partial charge >= 0.3 is 0 Å². The molecular formula is C21H19N3O2S. The van der Waals surface area contributed by atoms with Gasteiger partial charge in [-0.1, -0.05) is 29.8 Å². The molecule has 1 aliphatic rings. The van der Waals surface area contributed by atoms with Crippen molar-refractivity contribution in [2.45, 2.75) is 20.3 Å². The Bertz CT molecular complexity index is 1040. The molecule has 3 aromatic rings. The Morgan fingerprint density at radius 3 is 2.81 bits per heavy atom. The zero-order valence-electron chi connectivity index (χ0n) is 15.2. The fourth-order valence-electron chi connectivity index (χ4n) is 3.28. The highest BCUT2D eigenvalue weighted by Gasteiger charge is 2.23.